The van der Waals surface area contributed by atoms with E-state index in [1.54, 1.807) is 29.2 Å². The van der Waals surface area contributed by atoms with Gasteiger partial charge in [-0.05, 0) is 24.5 Å². The molecule has 2 aromatic rings. The van der Waals surface area contributed by atoms with Crippen molar-refractivity contribution in [3.05, 3.63) is 71.3 Å². The van der Waals surface area contributed by atoms with Crippen LogP contribution in [0.15, 0.2) is 54.6 Å². The van der Waals surface area contributed by atoms with Crippen molar-refractivity contribution in [3.63, 3.8) is 0 Å². The Labute approximate surface area is 169 Å². The Morgan fingerprint density at radius 2 is 1.69 bits per heavy atom. The largest absolute Gasteiger partial charge is 0.445 e. The zero-order valence-corrected chi connectivity index (χ0v) is 16.0. The zero-order valence-electron chi connectivity index (χ0n) is 16.0. The number of fused-ring (bicyclic) bond motifs is 2. The number of benzene rings is 2. The highest BCUT2D eigenvalue weighted by molar-refractivity contribution is 6.00. The topological polar surface area (TPSA) is 79.6 Å². The molecule has 6 heteroatoms. The molecule has 0 spiro atoms. The molecule has 2 saturated heterocycles. The minimum atomic E-state index is -0.365. The molecule has 0 N–H and O–H groups in total. The van der Waals surface area contributed by atoms with Crippen molar-refractivity contribution in [2.24, 2.45) is 5.92 Å². The van der Waals surface area contributed by atoms with Crippen molar-refractivity contribution in [1.29, 1.82) is 5.26 Å². The standard InChI is InChI=1S/C23H22N2O4/c24-12-17-8-4-5-9-21(17)22(26)18-10-19-14-28-15-20(11-18)25(19)23(27)29-13-16-6-2-1-3-7-16/h1-9,18-20H,10-11,13-15H2. The predicted octanol–water partition coefficient (Wildman–Crippen LogP) is 3.56. The van der Waals surface area contributed by atoms with Crippen LogP contribution in [0.5, 0.6) is 0 Å². The fraction of sp³-hybridized carbons (Fsp3) is 0.348. The Bertz CT molecular complexity index is 923. The molecule has 0 saturated carbocycles. The van der Waals surface area contributed by atoms with Gasteiger partial charge in [0.15, 0.2) is 5.78 Å². The van der Waals surface area contributed by atoms with E-state index in [2.05, 4.69) is 6.07 Å². The van der Waals surface area contributed by atoms with Crippen molar-refractivity contribution >= 4 is 11.9 Å². The summed E-state index contributed by atoms with van der Waals surface area (Å²) in [5.41, 5.74) is 1.78. The Hall–Kier alpha value is -3.17. The van der Waals surface area contributed by atoms with Crippen LogP contribution >= 0.6 is 0 Å². The second-order valence-electron chi connectivity index (χ2n) is 7.48. The second-order valence-corrected chi connectivity index (χ2v) is 7.48. The number of morpholine rings is 1. The van der Waals surface area contributed by atoms with Crippen molar-refractivity contribution < 1.29 is 19.1 Å². The third kappa shape index (κ3) is 4.01. The molecule has 1 amide bonds. The zero-order chi connectivity index (χ0) is 20.2. The summed E-state index contributed by atoms with van der Waals surface area (Å²) in [5.74, 6) is -0.266. The van der Waals surface area contributed by atoms with Gasteiger partial charge in [-0.25, -0.2) is 4.79 Å². The number of carbonyl (C=O) groups is 2. The quantitative estimate of drug-likeness (QED) is 0.746. The normalized spacial score (nSPS) is 23.1. The van der Waals surface area contributed by atoms with Gasteiger partial charge in [0.2, 0.25) is 0 Å². The molecule has 2 fully saturated rings. The third-order valence-electron chi connectivity index (χ3n) is 5.62. The molecule has 2 aliphatic rings. The van der Waals surface area contributed by atoms with Crippen molar-refractivity contribution in [1.82, 2.24) is 4.90 Å². The molecule has 2 heterocycles. The molecule has 29 heavy (non-hydrogen) atoms. The highest BCUT2D eigenvalue weighted by Crippen LogP contribution is 2.34. The highest BCUT2D eigenvalue weighted by Gasteiger charge is 2.44. The van der Waals surface area contributed by atoms with Gasteiger partial charge in [-0.15, -0.1) is 0 Å². The minimum absolute atomic E-state index is 0.0312. The van der Waals surface area contributed by atoms with Gasteiger partial charge in [-0.1, -0.05) is 48.5 Å². The first kappa shape index (κ1) is 19.2. The lowest BCUT2D eigenvalue weighted by molar-refractivity contribution is -0.0755. The first-order chi connectivity index (χ1) is 14.2. The summed E-state index contributed by atoms with van der Waals surface area (Å²) in [7, 11) is 0. The third-order valence-corrected chi connectivity index (χ3v) is 5.62. The number of hydrogen-bond acceptors (Lipinski definition) is 5. The molecule has 0 radical (unpaired) electrons. The monoisotopic (exact) mass is 390 g/mol. The van der Waals surface area contributed by atoms with E-state index in [0.717, 1.165) is 5.56 Å². The molecule has 148 valence electrons. The van der Waals surface area contributed by atoms with Gasteiger partial charge in [0, 0.05) is 11.5 Å². The van der Waals surface area contributed by atoms with Crippen molar-refractivity contribution in [2.45, 2.75) is 31.5 Å². The maximum atomic E-state index is 13.1. The van der Waals surface area contributed by atoms with Crippen LogP contribution in [-0.4, -0.2) is 42.1 Å². The Morgan fingerprint density at radius 1 is 1.03 bits per heavy atom. The second kappa shape index (κ2) is 8.46. The number of ketones is 1. The van der Waals surface area contributed by atoms with Crippen LogP contribution in [-0.2, 0) is 16.1 Å². The van der Waals surface area contributed by atoms with Crippen molar-refractivity contribution in [3.8, 4) is 6.07 Å². The van der Waals surface area contributed by atoms with Gasteiger partial charge in [0.25, 0.3) is 0 Å². The summed E-state index contributed by atoms with van der Waals surface area (Å²) in [6, 6.07) is 18.1. The van der Waals surface area contributed by atoms with Crippen LogP contribution in [0, 0.1) is 17.2 Å². The molecule has 2 aromatic carbocycles. The molecule has 2 atom stereocenters. The van der Waals surface area contributed by atoms with E-state index in [4.69, 9.17) is 9.47 Å². The average molecular weight is 390 g/mol. The van der Waals surface area contributed by atoms with Gasteiger partial charge in [-0.2, -0.15) is 5.26 Å². The molecule has 2 bridgehead atoms. The molecular weight excluding hydrogens is 368 g/mol. The van der Waals surface area contributed by atoms with E-state index in [-0.39, 0.29) is 36.5 Å². The molecule has 2 aliphatic heterocycles. The van der Waals surface area contributed by atoms with Gasteiger partial charge < -0.3 is 9.47 Å². The molecule has 6 nitrogen and oxygen atoms in total. The minimum Gasteiger partial charge on any atom is -0.445 e. The van der Waals surface area contributed by atoms with Gasteiger partial charge in [0.1, 0.15) is 6.61 Å². The number of piperidine rings is 1. The van der Waals surface area contributed by atoms with Crippen LogP contribution in [0.25, 0.3) is 0 Å². The Kier molecular flexibility index (Phi) is 5.59. The number of ether oxygens (including phenoxy) is 2. The van der Waals surface area contributed by atoms with Crippen LogP contribution in [0.1, 0.15) is 34.3 Å². The summed E-state index contributed by atoms with van der Waals surface area (Å²) >= 11 is 0. The molecule has 0 aromatic heterocycles. The predicted molar refractivity (Wildman–Crippen MR) is 105 cm³/mol. The number of rotatable bonds is 4. The Balaban J connectivity index is 1.45. The SMILES string of the molecule is N#Cc1ccccc1C(=O)C1CC2COCC(C1)N2C(=O)OCc1ccccc1. The van der Waals surface area contributed by atoms with Crippen LogP contribution in [0.2, 0.25) is 0 Å². The van der Waals surface area contributed by atoms with E-state index < -0.39 is 0 Å². The summed E-state index contributed by atoms with van der Waals surface area (Å²) in [5, 5.41) is 9.30. The molecular formula is C23H22N2O4. The number of hydrogen-bond donors (Lipinski definition) is 0. The molecule has 0 aliphatic carbocycles. The lowest BCUT2D eigenvalue weighted by atomic mass is 9.80. The van der Waals surface area contributed by atoms with Gasteiger partial charge in [0.05, 0.1) is 36.9 Å². The summed E-state index contributed by atoms with van der Waals surface area (Å²) in [6.45, 7) is 0.996. The number of nitriles is 1. The first-order valence-electron chi connectivity index (χ1n) is 9.77. The first-order valence-corrected chi connectivity index (χ1v) is 9.77. The van der Waals surface area contributed by atoms with Crippen LogP contribution < -0.4 is 0 Å². The Morgan fingerprint density at radius 3 is 2.38 bits per heavy atom. The maximum absolute atomic E-state index is 13.1. The van der Waals surface area contributed by atoms with E-state index in [1.807, 2.05) is 30.3 Å². The number of amides is 1. The fourth-order valence-electron chi connectivity index (χ4n) is 4.24. The van der Waals surface area contributed by atoms with E-state index in [9.17, 15) is 14.9 Å². The molecule has 4 rings (SSSR count). The van der Waals surface area contributed by atoms with Gasteiger partial charge >= 0.3 is 6.09 Å². The fourth-order valence-corrected chi connectivity index (χ4v) is 4.24. The van der Waals surface area contributed by atoms with Crippen molar-refractivity contribution in [2.75, 3.05) is 13.2 Å². The van der Waals surface area contributed by atoms with E-state index >= 15 is 0 Å². The number of carbonyl (C=O) groups excluding carboxylic acids is 2. The van der Waals surface area contributed by atoms with E-state index in [1.165, 1.54) is 0 Å². The number of nitrogens with zero attached hydrogens (tertiary/aromatic N) is 2. The van der Waals surface area contributed by atoms with Crippen LogP contribution in [0.3, 0.4) is 0 Å². The summed E-state index contributed by atoms with van der Waals surface area (Å²) in [4.78, 5) is 27.6. The maximum Gasteiger partial charge on any atom is 0.410 e. The average Bonchev–Trinajstić information content (AvgIpc) is 2.76. The highest BCUT2D eigenvalue weighted by atomic mass is 16.6. The lowest BCUT2D eigenvalue weighted by Gasteiger charge is -2.47. The van der Waals surface area contributed by atoms with E-state index in [0.29, 0.717) is 37.2 Å². The smallest absolute Gasteiger partial charge is 0.410 e. The van der Waals surface area contributed by atoms with Crippen LogP contribution in [0.4, 0.5) is 4.79 Å². The summed E-state index contributed by atoms with van der Waals surface area (Å²) in [6.07, 6.45) is 0.654. The number of Topliss-reactive ketones (excluding diaryl/α,β-unsaturated/α-hetero) is 1. The summed E-state index contributed by atoms with van der Waals surface area (Å²) < 4.78 is 11.2. The lowest BCUT2D eigenvalue weighted by Crippen LogP contribution is -2.59. The molecule has 2 unspecified atom stereocenters. The van der Waals surface area contributed by atoms with Gasteiger partial charge in [-0.3, -0.25) is 9.69 Å².